The van der Waals surface area contributed by atoms with Gasteiger partial charge in [-0.1, -0.05) is 54.6 Å². The molecule has 0 radical (unpaired) electrons. The van der Waals surface area contributed by atoms with Crippen LogP contribution >= 0.6 is 0 Å². The molecule has 0 bridgehead atoms. The summed E-state index contributed by atoms with van der Waals surface area (Å²) < 4.78 is 22.8. The van der Waals surface area contributed by atoms with Gasteiger partial charge in [-0.05, 0) is 29.0 Å². The smallest absolute Gasteiger partial charge is 0.240 e. The van der Waals surface area contributed by atoms with Crippen LogP contribution in [0.5, 0.6) is 0 Å². The molecule has 0 unspecified atom stereocenters. The Bertz CT molecular complexity index is 859. The maximum atomic E-state index is 11.8. The second-order valence-corrected chi connectivity index (χ2v) is 8.48. The number of hydrazone groups is 1. The predicted molar refractivity (Wildman–Crippen MR) is 99.0 cm³/mol. The molecule has 3 rings (SSSR count). The zero-order valence-corrected chi connectivity index (χ0v) is 14.6. The Kier molecular flexibility index (Phi) is 5.28. The van der Waals surface area contributed by atoms with E-state index in [0.717, 1.165) is 16.7 Å². The largest absolute Gasteiger partial charge is 0.273 e. The Morgan fingerprint density at radius 2 is 1.76 bits per heavy atom. The standard InChI is InChI=1S/C19H20N2O3S/c22-19(12-16-10-11-25(23,24)14-16)21-20-13-15-6-8-18(9-7-15)17-4-2-1-3-5-17/h1-9,13,16H,10-12,14H2,(H,21,22)/b20-13-/t16-/m1/s1. The monoisotopic (exact) mass is 356 g/mol. The minimum atomic E-state index is -2.95. The molecule has 0 aromatic heterocycles. The summed E-state index contributed by atoms with van der Waals surface area (Å²) in [7, 11) is -2.95. The fraction of sp³-hybridized carbons (Fsp3) is 0.263. The number of benzene rings is 2. The lowest BCUT2D eigenvalue weighted by atomic mass is 10.0. The average molecular weight is 356 g/mol. The van der Waals surface area contributed by atoms with E-state index in [2.05, 4.69) is 10.5 Å². The molecule has 25 heavy (non-hydrogen) atoms. The summed E-state index contributed by atoms with van der Waals surface area (Å²) in [5, 5.41) is 3.95. The summed E-state index contributed by atoms with van der Waals surface area (Å²) in [6.45, 7) is 0. The van der Waals surface area contributed by atoms with Gasteiger partial charge in [-0.15, -0.1) is 0 Å². The third-order valence-corrected chi connectivity index (χ3v) is 6.06. The molecule has 1 N–H and O–H groups in total. The van der Waals surface area contributed by atoms with Crippen LogP contribution in [0.2, 0.25) is 0 Å². The van der Waals surface area contributed by atoms with Gasteiger partial charge in [-0.25, -0.2) is 13.8 Å². The van der Waals surface area contributed by atoms with E-state index in [4.69, 9.17) is 0 Å². The van der Waals surface area contributed by atoms with Crippen LogP contribution < -0.4 is 5.43 Å². The number of rotatable bonds is 5. The first-order chi connectivity index (χ1) is 12.0. The van der Waals surface area contributed by atoms with Gasteiger partial charge in [0, 0.05) is 6.42 Å². The lowest BCUT2D eigenvalue weighted by Gasteiger charge is -2.05. The number of nitrogens with one attached hydrogen (secondary N) is 1. The highest BCUT2D eigenvalue weighted by molar-refractivity contribution is 7.91. The summed E-state index contributed by atoms with van der Waals surface area (Å²) >= 11 is 0. The summed E-state index contributed by atoms with van der Waals surface area (Å²) in [5.41, 5.74) is 5.60. The van der Waals surface area contributed by atoms with Gasteiger partial charge in [0.2, 0.25) is 5.91 Å². The van der Waals surface area contributed by atoms with Crippen molar-refractivity contribution in [3.8, 4) is 11.1 Å². The van der Waals surface area contributed by atoms with Crippen molar-refractivity contribution in [3.05, 3.63) is 60.2 Å². The SMILES string of the molecule is O=C(C[C@H]1CCS(=O)(=O)C1)N/N=C\c1ccc(-c2ccccc2)cc1. The van der Waals surface area contributed by atoms with Gasteiger partial charge in [0.15, 0.2) is 9.84 Å². The number of hydrogen-bond acceptors (Lipinski definition) is 4. The molecule has 1 amide bonds. The predicted octanol–water partition coefficient (Wildman–Crippen LogP) is 2.63. The van der Waals surface area contributed by atoms with Gasteiger partial charge in [-0.3, -0.25) is 4.79 Å². The third-order valence-electron chi connectivity index (χ3n) is 4.22. The van der Waals surface area contributed by atoms with Crippen LogP contribution in [0.25, 0.3) is 11.1 Å². The quantitative estimate of drug-likeness (QED) is 0.661. The number of nitrogens with zero attached hydrogens (tertiary/aromatic N) is 1. The van der Waals surface area contributed by atoms with Gasteiger partial charge in [0.1, 0.15) is 0 Å². The van der Waals surface area contributed by atoms with Crippen molar-refractivity contribution >= 4 is 22.0 Å². The molecular weight excluding hydrogens is 336 g/mol. The van der Waals surface area contributed by atoms with E-state index in [-0.39, 0.29) is 29.8 Å². The number of amides is 1. The lowest BCUT2D eigenvalue weighted by molar-refractivity contribution is -0.121. The van der Waals surface area contributed by atoms with Gasteiger partial charge >= 0.3 is 0 Å². The second kappa shape index (κ2) is 7.61. The Hall–Kier alpha value is -2.47. The Morgan fingerprint density at radius 1 is 1.08 bits per heavy atom. The second-order valence-electron chi connectivity index (χ2n) is 6.25. The van der Waals surface area contributed by atoms with Crippen molar-refractivity contribution in [2.75, 3.05) is 11.5 Å². The topological polar surface area (TPSA) is 75.6 Å². The fourth-order valence-corrected chi connectivity index (χ4v) is 4.77. The van der Waals surface area contributed by atoms with E-state index >= 15 is 0 Å². The van der Waals surface area contributed by atoms with Crippen LogP contribution in [0.15, 0.2) is 59.7 Å². The molecular formula is C19H20N2O3S. The normalized spacial score (nSPS) is 19.1. The summed E-state index contributed by atoms with van der Waals surface area (Å²) in [6, 6.07) is 17.9. The molecule has 6 heteroatoms. The molecule has 5 nitrogen and oxygen atoms in total. The van der Waals surface area contributed by atoms with Gasteiger partial charge in [0.25, 0.3) is 0 Å². The maximum Gasteiger partial charge on any atom is 0.240 e. The molecule has 1 aliphatic rings. The zero-order chi connectivity index (χ0) is 17.7. The van der Waals surface area contributed by atoms with E-state index in [1.54, 1.807) is 6.21 Å². The zero-order valence-electron chi connectivity index (χ0n) is 13.8. The van der Waals surface area contributed by atoms with E-state index in [1.807, 2.05) is 54.6 Å². The molecule has 130 valence electrons. The highest BCUT2D eigenvalue weighted by Crippen LogP contribution is 2.21. The molecule has 1 heterocycles. The molecule has 0 aliphatic carbocycles. The fourth-order valence-electron chi connectivity index (χ4n) is 2.91. The van der Waals surface area contributed by atoms with E-state index in [9.17, 15) is 13.2 Å². The van der Waals surface area contributed by atoms with Gasteiger partial charge < -0.3 is 0 Å². The van der Waals surface area contributed by atoms with Crippen molar-refractivity contribution < 1.29 is 13.2 Å². The van der Waals surface area contributed by atoms with E-state index in [1.165, 1.54) is 0 Å². The molecule has 1 atom stereocenters. The molecule has 2 aromatic rings. The first kappa shape index (κ1) is 17.4. The molecule has 1 fully saturated rings. The maximum absolute atomic E-state index is 11.8. The molecule has 0 saturated carbocycles. The Balaban J connectivity index is 1.51. The van der Waals surface area contributed by atoms with Crippen molar-refractivity contribution in [2.24, 2.45) is 11.0 Å². The van der Waals surface area contributed by atoms with Crippen molar-refractivity contribution in [2.45, 2.75) is 12.8 Å². The van der Waals surface area contributed by atoms with Crippen LogP contribution in [0.4, 0.5) is 0 Å². The van der Waals surface area contributed by atoms with Crippen molar-refractivity contribution in [1.29, 1.82) is 0 Å². The highest BCUT2D eigenvalue weighted by Gasteiger charge is 2.29. The molecule has 0 spiro atoms. The Labute approximate surface area is 147 Å². The first-order valence-electron chi connectivity index (χ1n) is 8.20. The van der Waals surface area contributed by atoms with Crippen LogP contribution in [-0.2, 0) is 14.6 Å². The van der Waals surface area contributed by atoms with Gasteiger partial charge in [0.05, 0.1) is 17.7 Å². The molecule has 1 saturated heterocycles. The number of hydrogen-bond donors (Lipinski definition) is 1. The molecule has 2 aromatic carbocycles. The summed E-state index contributed by atoms with van der Waals surface area (Å²) in [4.78, 5) is 11.8. The van der Waals surface area contributed by atoms with Crippen LogP contribution in [0.1, 0.15) is 18.4 Å². The minimum Gasteiger partial charge on any atom is -0.273 e. The first-order valence-corrected chi connectivity index (χ1v) is 10.0. The van der Waals surface area contributed by atoms with Gasteiger partial charge in [-0.2, -0.15) is 5.10 Å². The van der Waals surface area contributed by atoms with Crippen LogP contribution in [0, 0.1) is 5.92 Å². The third kappa shape index (κ3) is 5.00. The lowest BCUT2D eigenvalue weighted by Crippen LogP contribution is -2.21. The molecule has 1 aliphatic heterocycles. The Morgan fingerprint density at radius 3 is 2.40 bits per heavy atom. The highest BCUT2D eigenvalue weighted by atomic mass is 32.2. The number of carbonyl (C=O) groups excluding carboxylic acids is 1. The van der Waals surface area contributed by atoms with Crippen LogP contribution in [-0.4, -0.2) is 32.0 Å². The minimum absolute atomic E-state index is 0.0923. The van der Waals surface area contributed by atoms with Crippen LogP contribution in [0.3, 0.4) is 0 Å². The van der Waals surface area contributed by atoms with E-state index in [0.29, 0.717) is 6.42 Å². The summed E-state index contributed by atoms with van der Waals surface area (Å²) in [6.07, 6.45) is 2.34. The average Bonchev–Trinajstić information content (AvgIpc) is 2.95. The van der Waals surface area contributed by atoms with Crippen molar-refractivity contribution in [1.82, 2.24) is 5.43 Å². The van der Waals surface area contributed by atoms with E-state index < -0.39 is 9.84 Å². The number of sulfone groups is 1. The number of carbonyl (C=O) groups is 1. The summed E-state index contributed by atoms with van der Waals surface area (Å²) in [5.74, 6) is -0.0582. The van der Waals surface area contributed by atoms with Crippen molar-refractivity contribution in [3.63, 3.8) is 0 Å².